The van der Waals surface area contributed by atoms with E-state index in [1.807, 2.05) is 6.92 Å². The largest absolute Gasteiger partial charge is 0.393 e. The van der Waals surface area contributed by atoms with Crippen molar-refractivity contribution in [1.82, 2.24) is 15.1 Å². The van der Waals surface area contributed by atoms with Gasteiger partial charge in [0.25, 0.3) is 0 Å². The molecular weight excluding hydrogens is 190 g/mol. The van der Waals surface area contributed by atoms with Crippen LogP contribution in [0.15, 0.2) is 0 Å². The zero-order chi connectivity index (χ0) is 11.1. The van der Waals surface area contributed by atoms with Crippen molar-refractivity contribution in [3.63, 3.8) is 0 Å². The lowest BCUT2D eigenvalue weighted by Crippen LogP contribution is -2.46. The number of rotatable bonds is 6. The van der Waals surface area contributed by atoms with Crippen LogP contribution in [0.4, 0.5) is 0 Å². The summed E-state index contributed by atoms with van der Waals surface area (Å²) in [5.41, 5.74) is 0. The van der Waals surface area contributed by atoms with Crippen molar-refractivity contribution in [2.45, 2.75) is 19.4 Å². The van der Waals surface area contributed by atoms with E-state index in [1.165, 1.54) is 26.2 Å². The molecule has 1 atom stereocenters. The van der Waals surface area contributed by atoms with Crippen molar-refractivity contribution in [3.8, 4) is 0 Å². The maximum absolute atomic E-state index is 9.07. The molecule has 1 aliphatic heterocycles. The molecule has 1 saturated heterocycles. The average Bonchev–Trinajstić information content (AvgIpc) is 2.20. The Morgan fingerprint density at radius 1 is 1.20 bits per heavy atom. The Morgan fingerprint density at radius 3 is 2.47 bits per heavy atom. The van der Waals surface area contributed by atoms with Crippen LogP contribution in [-0.4, -0.2) is 73.9 Å². The third kappa shape index (κ3) is 6.10. The van der Waals surface area contributed by atoms with Crippen LogP contribution in [0.25, 0.3) is 0 Å². The number of aliphatic hydroxyl groups is 1. The summed E-state index contributed by atoms with van der Waals surface area (Å²) in [6.45, 7) is 9.68. The van der Waals surface area contributed by atoms with Gasteiger partial charge in [-0.2, -0.15) is 0 Å². The van der Waals surface area contributed by atoms with Crippen LogP contribution in [-0.2, 0) is 0 Å². The minimum absolute atomic E-state index is 0.180. The quantitative estimate of drug-likeness (QED) is 0.591. The molecule has 0 aromatic carbocycles. The van der Waals surface area contributed by atoms with Crippen LogP contribution in [0, 0.1) is 0 Å². The van der Waals surface area contributed by atoms with Gasteiger partial charge in [-0.25, -0.2) is 0 Å². The van der Waals surface area contributed by atoms with Gasteiger partial charge in [-0.15, -0.1) is 0 Å². The predicted octanol–water partition coefficient (Wildman–Crippen LogP) is -0.406. The number of hydrogen-bond donors (Lipinski definition) is 2. The van der Waals surface area contributed by atoms with E-state index in [2.05, 4.69) is 22.2 Å². The number of likely N-dealkylation sites (N-methyl/N-ethyl adjacent to an activating group) is 1. The summed E-state index contributed by atoms with van der Waals surface area (Å²) in [4.78, 5) is 4.87. The maximum Gasteiger partial charge on any atom is 0.0524 e. The van der Waals surface area contributed by atoms with Crippen molar-refractivity contribution in [1.29, 1.82) is 0 Å². The Balaban J connectivity index is 1.91. The van der Waals surface area contributed by atoms with Gasteiger partial charge in [0.05, 0.1) is 6.10 Å². The molecule has 0 bridgehead atoms. The summed E-state index contributed by atoms with van der Waals surface area (Å²) in [6, 6.07) is 0. The van der Waals surface area contributed by atoms with E-state index in [0.717, 1.165) is 26.1 Å². The third-order valence-electron chi connectivity index (χ3n) is 2.94. The van der Waals surface area contributed by atoms with Crippen LogP contribution < -0.4 is 5.32 Å². The first-order chi connectivity index (χ1) is 7.18. The smallest absolute Gasteiger partial charge is 0.0524 e. The van der Waals surface area contributed by atoms with E-state index in [-0.39, 0.29) is 6.10 Å². The molecular formula is C11H25N3O. The molecule has 0 amide bonds. The zero-order valence-corrected chi connectivity index (χ0v) is 10.1. The summed E-state index contributed by atoms with van der Waals surface area (Å²) in [5, 5.41) is 12.4. The van der Waals surface area contributed by atoms with Gasteiger partial charge in [-0.05, 0) is 26.9 Å². The van der Waals surface area contributed by atoms with Gasteiger partial charge < -0.3 is 15.3 Å². The Morgan fingerprint density at radius 2 is 1.87 bits per heavy atom. The van der Waals surface area contributed by atoms with E-state index in [9.17, 15) is 0 Å². The molecule has 4 nitrogen and oxygen atoms in total. The molecule has 0 aliphatic carbocycles. The molecule has 1 unspecified atom stereocenters. The summed E-state index contributed by atoms with van der Waals surface area (Å²) in [5.74, 6) is 0. The summed E-state index contributed by atoms with van der Waals surface area (Å²) in [6.07, 6.45) is 0.670. The summed E-state index contributed by atoms with van der Waals surface area (Å²) in [7, 11) is 2.18. The van der Waals surface area contributed by atoms with E-state index in [0.29, 0.717) is 0 Å². The molecule has 1 fully saturated rings. The third-order valence-corrected chi connectivity index (χ3v) is 2.94. The van der Waals surface area contributed by atoms with Crippen molar-refractivity contribution in [3.05, 3.63) is 0 Å². The fraction of sp³-hybridized carbons (Fsp3) is 1.00. The van der Waals surface area contributed by atoms with Crippen LogP contribution in [0.1, 0.15) is 13.3 Å². The minimum atomic E-state index is -0.180. The Hall–Kier alpha value is -0.160. The number of nitrogens with one attached hydrogen (secondary N) is 1. The highest BCUT2D eigenvalue weighted by atomic mass is 16.3. The van der Waals surface area contributed by atoms with Gasteiger partial charge in [-0.3, -0.25) is 4.90 Å². The highest BCUT2D eigenvalue weighted by Gasteiger charge is 2.12. The van der Waals surface area contributed by atoms with E-state index in [4.69, 9.17) is 5.11 Å². The van der Waals surface area contributed by atoms with Gasteiger partial charge in [0, 0.05) is 39.3 Å². The van der Waals surface area contributed by atoms with Crippen LogP contribution in [0.5, 0.6) is 0 Å². The molecule has 0 radical (unpaired) electrons. The monoisotopic (exact) mass is 215 g/mol. The highest BCUT2D eigenvalue weighted by molar-refractivity contribution is 4.69. The second-order valence-corrected chi connectivity index (χ2v) is 4.53. The van der Waals surface area contributed by atoms with Gasteiger partial charge in [0.1, 0.15) is 0 Å². The molecule has 0 spiro atoms. The maximum atomic E-state index is 9.07. The highest BCUT2D eigenvalue weighted by Crippen LogP contribution is 1.97. The van der Waals surface area contributed by atoms with E-state index >= 15 is 0 Å². The van der Waals surface area contributed by atoms with Gasteiger partial charge in [0.15, 0.2) is 0 Å². The average molecular weight is 215 g/mol. The van der Waals surface area contributed by atoms with Crippen molar-refractivity contribution in [2.24, 2.45) is 0 Å². The molecule has 90 valence electrons. The van der Waals surface area contributed by atoms with Gasteiger partial charge >= 0.3 is 0 Å². The molecule has 0 aromatic heterocycles. The van der Waals surface area contributed by atoms with Crippen molar-refractivity contribution < 1.29 is 5.11 Å². The molecule has 1 aliphatic rings. The van der Waals surface area contributed by atoms with E-state index in [1.54, 1.807) is 0 Å². The first kappa shape index (κ1) is 12.9. The topological polar surface area (TPSA) is 38.7 Å². The first-order valence-electron chi connectivity index (χ1n) is 5.98. The molecule has 4 heteroatoms. The Bertz CT molecular complexity index is 156. The van der Waals surface area contributed by atoms with Crippen LogP contribution in [0.2, 0.25) is 0 Å². The number of piperazine rings is 1. The molecule has 15 heavy (non-hydrogen) atoms. The molecule has 0 saturated carbocycles. The van der Waals surface area contributed by atoms with E-state index < -0.39 is 0 Å². The lowest BCUT2D eigenvalue weighted by molar-refractivity contribution is 0.153. The fourth-order valence-corrected chi connectivity index (χ4v) is 1.74. The lowest BCUT2D eigenvalue weighted by Gasteiger charge is -2.32. The number of hydrogen-bond acceptors (Lipinski definition) is 4. The van der Waals surface area contributed by atoms with Crippen molar-refractivity contribution in [2.75, 3.05) is 52.9 Å². The predicted molar refractivity (Wildman–Crippen MR) is 63.1 cm³/mol. The second kappa shape index (κ2) is 7.17. The molecule has 2 N–H and O–H groups in total. The fourth-order valence-electron chi connectivity index (χ4n) is 1.74. The molecule has 1 heterocycles. The number of nitrogens with zero attached hydrogens (tertiary/aromatic N) is 2. The summed E-state index contributed by atoms with van der Waals surface area (Å²) < 4.78 is 0. The normalized spacial score (nSPS) is 21.8. The summed E-state index contributed by atoms with van der Waals surface area (Å²) >= 11 is 0. The standard InChI is InChI=1S/C11H25N3O/c1-11(15)3-4-12-5-6-14-9-7-13(2)8-10-14/h11-12,15H,3-10H2,1-2H3. The van der Waals surface area contributed by atoms with Crippen LogP contribution in [0.3, 0.4) is 0 Å². The zero-order valence-electron chi connectivity index (χ0n) is 10.1. The SMILES string of the molecule is CC(O)CCNCCN1CCN(C)CC1. The van der Waals surface area contributed by atoms with Crippen LogP contribution >= 0.6 is 0 Å². The minimum Gasteiger partial charge on any atom is -0.393 e. The first-order valence-corrected chi connectivity index (χ1v) is 5.98. The Kier molecular flexibility index (Phi) is 6.17. The second-order valence-electron chi connectivity index (χ2n) is 4.53. The molecule has 1 rings (SSSR count). The Labute approximate surface area is 93.2 Å². The molecule has 0 aromatic rings. The van der Waals surface area contributed by atoms with Gasteiger partial charge in [0.2, 0.25) is 0 Å². The lowest BCUT2D eigenvalue weighted by atomic mass is 10.3. The number of aliphatic hydroxyl groups excluding tert-OH is 1. The van der Waals surface area contributed by atoms with Gasteiger partial charge in [-0.1, -0.05) is 0 Å². The van der Waals surface area contributed by atoms with Crippen molar-refractivity contribution >= 4 is 0 Å².